The number of rotatable bonds is 5. The molecule has 0 aromatic heterocycles. The Bertz CT molecular complexity index is 933. The minimum Gasteiger partial charge on any atom is -0.488 e. The molecule has 3 aromatic carbocycles. The van der Waals surface area contributed by atoms with Gasteiger partial charge in [0.05, 0.1) is 0 Å². The quantitative estimate of drug-likeness (QED) is 0.650. The Labute approximate surface area is 147 Å². The van der Waals surface area contributed by atoms with E-state index in [1.807, 2.05) is 30.3 Å². The molecule has 0 fully saturated rings. The molecule has 1 N–H and O–H groups in total. The normalized spacial score (nSPS) is 10.6. The van der Waals surface area contributed by atoms with Crippen LogP contribution in [0.5, 0.6) is 5.75 Å². The zero-order chi connectivity index (χ0) is 18.7. The molecule has 0 aliphatic heterocycles. The number of halogens is 3. The Hall–Kier alpha value is -3.28. The lowest BCUT2D eigenvalue weighted by atomic mass is 10.0. The van der Waals surface area contributed by atoms with Gasteiger partial charge in [-0.3, -0.25) is 0 Å². The molecule has 0 aliphatic rings. The summed E-state index contributed by atoms with van der Waals surface area (Å²) in [6, 6.07) is 14.9. The Morgan fingerprint density at radius 3 is 2.15 bits per heavy atom. The van der Waals surface area contributed by atoms with Crippen molar-refractivity contribution < 1.29 is 27.8 Å². The zero-order valence-corrected chi connectivity index (χ0v) is 13.4. The molecule has 0 unspecified atom stereocenters. The third-order valence-corrected chi connectivity index (χ3v) is 3.76. The number of ether oxygens (including phenoxy) is 1. The van der Waals surface area contributed by atoms with Gasteiger partial charge in [0, 0.05) is 0 Å². The summed E-state index contributed by atoms with van der Waals surface area (Å²) < 4.78 is 45.5. The SMILES string of the molecule is O=C(O)c1cc(-c2cc(F)c(F)c(F)c2)ccc1OCc1ccccc1. The lowest BCUT2D eigenvalue weighted by Gasteiger charge is -2.11. The number of hydrogen-bond donors (Lipinski definition) is 1. The first-order chi connectivity index (χ1) is 12.5. The predicted molar refractivity (Wildman–Crippen MR) is 89.5 cm³/mol. The zero-order valence-electron chi connectivity index (χ0n) is 13.4. The molecule has 0 spiro atoms. The molecule has 26 heavy (non-hydrogen) atoms. The maximum atomic E-state index is 13.4. The van der Waals surface area contributed by atoms with Gasteiger partial charge < -0.3 is 9.84 Å². The molecule has 3 rings (SSSR count). The second-order valence-electron chi connectivity index (χ2n) is 5.54. The van der Waals surface area contributed by atoms with Gasteiger partial charge in [-0.25, -0.2) is 18.0 Å². The summed E-state index contributed by atoms with van der Waals surface area (Å²) in [6.45, 7) is 0.167. The van der Waals surface area contributed by atoms with Crippen LogP contribution in [0.4, 0.5) is 13.2 Å². The first-order valence-corrected chi connectivity index (χ1v) is 7.64. The molecule has 0 atom stereocenters. The highest BCUT2D eigenvalue weighted by Gasteiger charge is 2.16. The fraction of sp³-hybridized carbons (Fsp3) is 0.0500. The predicted octanol–water partition coefficient (Wildman–Crippen LogP) is 5.05. The smallest absolute Gasteiger partial charge is 0.339 e. The third kappa shape index (κ3) is 3.69. The fourth-order valence-electron chi connectivity index (χ4n) is 2.46. The molecule has 0 bridgehead atoms. The summed E-state index contributed by atoms with van der Waals surface area (Å²) in [5, 5.41) is 9.40. The van der Waals surface area contributed by atoms with Crippen molar-refractivity contribution in [1.29, 1.82) is 0 Å². The molecule has 3 nitrogen and oxygen atoms in total. The van der Waals surface area contributed by atoms with Crippen LogP contribution in [0.15, 0.2) is 60.7 Å². The van der Waals surface area contributed by atoms with Crippen LogP contribution in [0.3, 0.4) is 0 Å². The standard InChI is InChI=1S/C20H13F3O3/c21-16-9-14(10-17(22)19(16)23)13-6-7-18(15(8-13)20(24)25)26-11-12-4-2-1-3-5-12/h1-10H,11H2,(H,24,25). The van der Waals surface area contributed by atoms with Gasteiger partial charge in [-0.15, -0.1) is 0 Å². The summed E-state index contributed by atoms with van der Waals surface area (Å²) in [4.78, 5) is 11.5. The third-order valence-electron chi connectivity index (χ3n) is 3.76. The molecule has 3 aromatic rings. The number of carbonyl (C=O) groups is 1. The van der Waals surface area contributed by atoms with Crippen LogP contribution in [0.2, 0.25) is 0 Å². The van der Waals surface area contributed by atoms with Crippen LogP contribution in [-0.4, -0.2) is 11.1 Å². The van der Waals surface area contributed by atoms with E-state index in [2.05, 4.69) is 0 Å². The Morgan fingerprint density at radius 1 is 0.885 bits per heavy atom. The summed E-state index contributed by atoms with van der Waals surface area (Å²) in [7, 11) is 0. The summed E-state index contributed by atoms with van der Waals surface area (Å²) >= 11 is 0. The highest BCUT2D eigenvalue weighted by molar-refractivity contribution is 5.92. The Morgan fingerprint density at radius 2 is 1.54 bits per heavy atom. The average molecular weight is 358 g/mol. The summed E-state index contributed by atoms with van der Waals surface area (Å²) in [5.74, 6) is -5.40. The van der Waals surface area contributed by atoms with Crippen LogP contribution in [0, 0.1) is 17.5 Å². The van der Waals surface area contributed by atoms with Crippen molar-refractivity contribution in [2.24, 2.45) is 0 Å². The van der Waals surface area contributed by atoms with Crippen LogP contribution in [0.1, 0.15) is 15.9 Å². The largest absolute Gasteiger partial charge is 0.488 e. The van der Waals surface area contributed by atoms with Gasteiger partial charge in [-0.1, -0.05) is 36.4 Å². The first kappa shape index (κ1) is 17.5. The van der Waals surface area contributed by atoms with Gasteiger partial charge >= 0.3 is 5.97 Å². The Balaban J connectivity index is 1.93. The number of benzene rings is 3. The van der Waals surface area contributed by atoms with Gasteiger partial charge in [0.15, 0.2) is 17.5 Å². The van der Waals surface area contributed by atoms with E-state index in [9.17, 15) is 23.1 Å². The van der Waals surface area contributed by atoms with E-state index in [1.54, 1.807) is 0 Å². The van der Waals surface area contributed by atoms with Crippen molar-refractivity contribution in [2.45, 2.75) is 6.61 Å². The second-order valence-corrected chi connectivity index (χ2v) is 5.54. The molecule has 0 heterocycles. The molecule has 0 saturated heterocycles. The summed E-state index contributed by atoms with van der Waals surface area (Å²) in [5.41, 5.74) is 0.949. The van der Waals surface area contributed by atoms with Crippen molar-refractivity contribution >= 4 is 5.97 Å². The first-order valence-electron chi connectivity index (χ1n) is 7.64. The van der Waals surface area contributed by atoms with E-state index in [0.29, 0.717) is 0 Å². The molecule has 0 aliphatic carbocycles. The van der Waals surface area contributed by atoms with Gasteiger partial charge in [-0.05, 0) is 41.0 Å². The van der Waals surface area contributed by atoms with Crippen molar-refractivity contribution in [1.82, 2.24) is 0 Å². The van der Waals surface area contributed by atoms with Crippen molar-refractivity contribution in [2.75, 3.05) is 0 Å². The lowest BCUT2D eigenvalue weighted by Crippen LogP contribution is -2.04. The van der Waals surface area contributed by atoms with Crippen LogP contribution >= 0.6 is 0 Å². The van der Waals surface area contributed by atoms with Gasteiger partial charge in [0.1, 0.15) is 17.9 Å². The minimum atomic E-state index is -1.57. The van der Waals surface area contributed by atoms with E-state index < -0.39 is 23.4 Å². The molecular formula is C20H13F3O3. The average Bonchev–Trinajstić information content (AvgIpc) is 2.64. The number of aromatic carboxylic acids is 1. The molecular weight excluding hydrogens is 345 g/mol. The van der Waals surface area contributed by atoms with E-state index >= 15 is 0 Å². The van der Waals surface area contributed by atoms with Gasteiger partial charge in [-0.2, -0.15) is 0 Å². The monoisotopic (exact) mass is 358 g/mol. The number of carboxylic acid groups (broad SMARTS) is 1. The summed E-state index contributed by atoms with van der Waals surface area (Å²) in [6.07, 6.45) is 0. The molecule has 0 amide bonds. The molecule has 6 heteroatoms. The number of carboxylic acids is 1. The van der Waals surface area contributed by atoms with Crippen molar-refractivity contribution in [3.05, 3.63) is 89.2 Å². The Kier molecular flexibility index (Phi) is 4.93. The highest BCUT2D eigenvalue weighted by atomic mass is 19.2. The molecule has 0 saturated carbocycles. The van der Waals surface area contributed by atoms with E-state index in [4.69, 9.17) is 4.74 Å². The second kappa shape index (κ2) is 7.31. The van der Waals surface area contributed by atoms with E-state index in [-0.39, 0.29) is 29.0 Å². The van der Waals surface area contributed by atoms with E-state index in [1.165, 1.54) is 18.2 Å². The number of hydrogen-bond acceptors (Lipinski definition) is 2. The van der Waals surface area contributed by atoms with Crippen LogP contribution in [-0.2, 0) is 6.61 Å². The van der Waals surface area contributed by atoms with Crippen LogP contribution < -0.4 is 4.74 Å². The van der Waals surface area contributed by atoms with Crippen molar-refractivity contribution in [3.63, 3.8) is 0 Å². The maximum Gasteiger partial charge on any atom is 0.339 e. The topological polar surface area (TPSA) is 46.5 Å². The maximum absolute atomic E-state index is 13.4. The van der Waals surface area contributed by atoms with Gasteiger partial charge in [0.25, 0.3) is 0 Å². The van der Waals surface area contributed by atoms with Gasteiger partial charge in [0.2, 0.25) is 0 Å². The molecule has 0 radical (unpaired) electrons. The van der Waals surface area contributed by atoms with E-state index in [0.717, 1.165) is 17.7 Å². The lowest BCUT2D eigenvalue weighted by molar-refractivity contribution is 0.0692. The van der Waals surface area contributed by atoms with Crippen molar-refractivity contribution in [3.8, 4) is 16.9 Å². The minimum absolute atomic E-state index is 0.0264. The highest BCUT2D eigenvalue weighted by Crippen LogP contribution is 2.29. The fourth-order valence-corrected chi connectivity index (χ4v) is 2.46. The van der Waals surface area contributed by atoms with Crippen LogP contribution in [0.25, 0.3) is 11.1 Å². The molecule has 132 valence electrons.